The van der Waals surface area contributed by atoms with Crippen LogP contribution < -0.4 is 0 Å². The maximum Gasteiger partial charge on any atom is 0.235 e. The molecule has 19 heavy (non-hydrogen) atoms. The summed E-state index contributed by atoms with van der Waals surface area (Å²) < 4.78 is 7.66. The minimum atomic E-state index is -1.67. The van der Waals surface area contributed by atoms with Gasteiger partial charge in [0.1, 0.15) is 17.8 Å². The summed E-state index contributed by atoms with van der Waals surface area (Å²) in [6.07, 6.45) is 1.69. The van der Waals surface area contributed by atoms with Crippen molar-refractivity contribution < 1.29 is 9.21 Å². The van der Waals surface area contributed by atoms with Crippen LogP contribution in [0.2, 0.25) is 19.6 Å². The molecule has 0 spiro atoms. The van der Waals surface area contributed by atoms with Crippen LogP contribution in [0, 0.1) is 0 Å². The lowest BCUT2D eigenvalue weighted by molar-refractivity contribution is -0.152. The first-order valence-electron chi connectivity index (χ1n) is 7.02. The number of β-lactam (4-membered cyclic amide) rings is 1. The zero-order valence-corrected chi connectivity index (χ0v) is 13.5. The van der Waals surface area contributed by atoms with E-state index in [9.17, 15) is 4.79 Å². The van der Waals surface area contributed by atoms with Gasteiger partial charge < -0.3 is 8.98 Å². The molecule has 106 valence electrons. The average molecular weight is 280 g/mol. The molecule has 1 fully saturated rings. The quantitative estimate of drug-likeness (QED) is 0.614. The zero-order chi connectivity index (χ0) is 14.2. The fourth-order valence-corrected chi connectivity index (χ4v) is 4.83. The summed E-state index contributed by atoms with van der Waals surface area (Å²) in [6.45, 7) is 12.6. The molecule has 2 atom stereocenters. The summed E-state index contributed by atoms with van der Waals surface area (Å²) in [6, 6.07) is 3.93. The Balaban J connectivity index is 2.33. The normalized spacial score (nSPS) is 23.9. The molecule has 0 radical (unpaired) electrons. The van der Waals surface area contributed by atoms with Crippen molar-refractivity contribution in [3.8, 4) is 0 Å². The lowest BCUT2D eigenvalue weighted by Gasteiger charge is -2.55. The average Bonchev–Trinajstić information content (AvgIpc) is 2.83. The maximum atomic E-state index is 12.6. The Bertz CT molecular complexity index is 435. The van der Waals surface area contributed by atoms with Gasteiger partial charge in [-0.2, -0.15) is 0 Å². The fraction of sp³-hybridized carbons (Fsp3) is 0.643. The molecular formula is C14H24N2O2Si. The van der Waals surface area contributed by atoms with E-state index in [1.807, 2.05) is 12.1 Å². The van der Waals surface area contributed by atoms with Crippen LogP contribution in [0.1, 0.15) is 25.6 Å². The van der Waals surface area contributed by atoms with Gasteiger partial charge in [-0.15, -0.1) is 0 Å². The number of nitrogens with zero attached hydrogens (tertiary/aromatic N) is 2. The lowest BCUT2D eigenvalue weighted by atomic mass is 9.94. The molecule has 1 aromatic heterocycles. The highest BCUT2D eigenvalue weighted by molar-refractivity contribution is 6.76. The van der Waals surface area contributed by atoms with Gasteiger partial charge >= 0.3 is 0 Å². The molecule has 0 bridgehead atoms. The Hall–Kier alpha value is -1.07. The number of carbonyl (C=O) groups is 1. The van der Waals surface area contributed by atoms with Gasteiger partial charge in [0.05, 0.1) is 6.26 Å². The Morgan fingerprint density at radius 2 is 1.95 bits per heavy atom. The molecule has 0 N–H and O–H groups in total. The number of amides is 1. The SMILES string of the molecule is CCN(CC)[C@@H]1C(=O)N([Si](C)(C)C)[C@H]1c1ccco1. The number of rotatable bonds is 5. The van der Waals surface area contributed by atoms with E-state index < -0.39 is 8.24 Å². The first kappa shape index (κ1) is 14.3. The third kappa shape index (κ3) is 2.37. The topological polar surface area (TPSA) is 36.7 Å². The van der Waals surface area contributed by atoms with Gasteiger partial charge in [0, 0.05) is 0 Å². The summed E-state index contributed by atoms with van der Waals surface area (Å²) in [5.74, 6) is 1.18. The van der Waals surface area contributed by atoms with E-state index in [0.717, 1.165) is 18.8 Å². The van der Waals surface area contributed by atoms with E-state index >= 15 is 0 Å². The summed E-state index contributed by atoms with van der Waals surface area (Å²) in [5, 5.41) is 0. The van der Waals surface area contributed by atoms with E-state index in [1.165, 1.54) is 0 Å². The molecule has 0 unspecified atom stereocenters. The van der Waals surface area contributed by atoms with E-state index in [4.69, 9.17) is 4.42 Å². The molecule has 1 aromatic rings. The Kier molecular flexibility index (Phi) is 3.87. The number of hydrogen-bond donors (Lipinski definition) is 0. The highest BCUT2D eigenvalue weighted by Crippen LogP contribution is 2.41. The predicted octanol–water partition coefficient (Wildman–Crippen LogP) is 2.71. The van der Waals surface area contributed by atoms with E-state index in [2.05, 4.69) is 43.0 Å². The first-order chi connectivity index (χ1) is 8.91. The Labute approximate surface area is 116 Å². The van der Waals surface area contributed by atoms with Crippen molar-refractivity contribution in [1.29, 1.82) is 0 Å². The summed E-state index contributed by atoms with van der Waals surface area (Å²) in [5.41, 5.74) is 0. The third-order valence-electron chi connectivity index (χ3n) is 3.83. The minimum Gasteiger partial charge on any atom is -0.467 e. The summed E-state index contributed by atoms with van der Waals surface area (Å²) >= 11 is 0. The standard InChI is InChI=1S/C14H24N2O2Si/c1-6-15(7-2)13-12(11-9-8-10-18-11)16(14(13)17)19(3,4)5/h8-10,12-13H,6-7H2,1-5H3/t12-,13-/m0/s1. The van der Waals surface area contributed by atoms with Gasteiger partial charge in [-0.3, -0.25) is 9.69 Å². The first-order valence-corrected chi connectivity index (χ1v) is 10.5. The van der Waals surface area contributed by atoms with Crippen molar-refractivity contribution in [3.05, 3.63) is 24.2 Å². The summed E-state index contributed by atoms with van der Waals surface area (Å²) in [7, 11) is -1.67. The molecular weight excluding hydrogens is 256 g/mol. The molecule has 5 heteroatoms. The zero-order valence-electron chi connectivity index (χ0n) is 12.5. The number of hydrogen-bond acceptors (Lipinski definition) is 3. The van der Waals surface area contributed by atoms with Crippen molar-refractivity contribution in [1.82, 2.24) is 9.47 Å². The number of likely N-dealkylation sites (N-methyl/N-ethyl adjacent to an activating group) is 1. The van der Waals surface area contributed by atoms with E-state index in [1.54, 1.807) is 6.26 Å². The highest BCUT2D eigenvalue weighted by Gasteiger charge is 2.55. The molecule has 1 amide bonds. The van der Waals surface area contributed by atoms with Crippen LogP contribution in [0.3, 0.4) is 0 Å². The largest absolute Gasteiger partial charge is 0.467 e. The summed E-state index contributed by atoms with van der Waals surface area (Å²) in [4.78, 5) is 14.8. The third-order valence-corrected chi connectivity index (χ3v) is 5.77. The van der Waals surface area contributed by atoms with Gasteiger partial charge in [0.25, 0.3) is 0 Å². The van der Waals surface area contributed by atoms with Crippen molar-refractivity contribution >= 4 is 14.1 Å². The fourth-order valence-electron chi connectivity index (χ4n) is 2.94. The molecule has 2 heterocycles. The van der Waals surface area contributed by atoms with Crippen LogP contribution in [0.25, 0.3) is 0 Å². The Morgan fingerprint density at radius 3 is 2.37 bits per heavy atom. The van der Waals surface area contributed by atoms with E-state index in [0.29, 0.717) is 0 Å². The molecule has 0 aliphatic carbocycles. The molecule has 1 aliphatic heterocycles. The predicted molar refractivity (Wildman–Crippen MR) is 78.4 cm³/mol. The highest BCUT2D eigenvalue weighted by atomic mass is 28.3. The van der Waals surface area contributed by atoms with Gasteiger partial charge in [-0.05, 0) is 25.2 Å². The molecule has 4 nitrogen and oxygen atoms in total. The van der Waals surface area contributed by atoms with Crippen LogP contribution in [-0.4, -0.2) is 42.7 Å². The van der Waals surface area contributed by atoms with Gasteiger partial charge in [0.2, 0.25) is 5.91 Å². The van der Waals surface area contributed by atoms with Crippen LogP contribution in [0.15, 0.2) is 22.8 Å². The van der Waals surface area contributed by atoms with Crippen molar-refractivity contribution in [2.24, 2.45) is 0 Å². The van der Waals surface area contributed by atoms with Gasteiger partial charge in [-0.1, -0.05) is 33.5 Å². The Morgan fingerprint density at radius 1 is 1.32 bits per heavy atom. The molecule has 1 saturated heterocycles. The van der Waals surface area contributed by atoms with Gasteiger partial charge in [0.15, 0.2) is 8.24 Å². The van der Waals surface area contributed by atoms with Crippen LogP contribution in [-0.2, 0) is 4.79 Å². The monoisotopic (exact) mass is 280 g/mol. The van der Waals surface area contributed by atoms with Gasteiger partial charge in [-0.25, -0.2) is 0 Å². The number of carbonyl (C=O) groups excluding carboxylic acids is 1. The second-order valence-corrected chi connectivity index (χ2v) is 10.8. The van der Waals surface area contributed by atoms with Crippen molar-refractivity contribution in [2.45, 2.75) is 45.6 Å². The van der Waals surface area contributed by atoms with Crippen molar-refractivity contribution in [3.63, 3.8) is 0 Å². The molecule has 0 aromatic carbocycles. The number of furan rings is 1. The van der Waals surface area contributed by atoms with Crippen LogP contribution in [0.5, 0.6) is 0 Å². The minimum absolute atomic E-state index is 0.0483. The molecule has 1 aliphatic rings. The molecule has 2 rings (SSSR count). The smallest absolute Gasteiger partial charge is 0.235 e. The lowest BCUT2D eigenvalue weighted by Crippen LogP contribution is -2.71. The van der Waals surface area contributed by atoms with Crippen LogP contribution >= 0.6 is 0 Å². The second-order valence-electron chi connectivity index (χ2n) is 6.01. The van der Waals surface area contributed by atoms with Crippen LogP contribution in [0.4, 0.5) is 0 Å². The second kappa shape index (κ2) is 5.13. The van der Waals surface area contributed by atoms with E-state index in [-0.39, 0.29) is 18.0 Å². The van der Waals surface area contributed by atoms with Crippen molar-refractivity contribution in [2.75, 3.05) is 13.1 Å². The maximum absolute atomic E-state index is 12.6. The molecule has 0 saturated carbocycles.